The maximum atomic E-state index is 14.3. The molecule has 6 nitrogen and oxygen atoms in total. The van der Waals surface area contributed by atoms with Crippen LogP contribution in [0.5, 0.6) is 5.75 Å². The van der Waals surface area contributed by atoms with Crippen molar-refractivity contribution >= 4 is 11.9 Å². The summed E-state index contributed by atoms with van der Waals surface area (Å²) < 4.78 is 19.3. The van der Waals surface area contributed by atoms with Gasteiger partial charge in [-0.15, -0.1) is 0 Å². The van der Waals surface area contributed by atoms with Crippen LogP contribution in [-0.4, -0.2) is 42.1 Å². The molecular weight excluding hydrogens is 371 g/mol. The average Bonchev–Trinajstić information content (AvgIpc) is 3.23. The Balaban J connectivity index is 1.44. The Hall–Kier alpha value is -3.48. The molecule has 7 heteroatoms. The van der Waals surface area contributed by atoms with Gasteiger partial charge in [-0.05, 0) is 24.6 Å². The van der Waals surface area contributed by atoms with Crippen molar-refractivity contribution in [3.05, 3.63) is 72.2 Å². The van der Waals surface area contributed by atoms with E-state index in [1.54, 1.807) is 12.3 Å². The summed E-state index contributed by atoms with van der Waals surface area (Å²) in [4.78, 5) is 23.6. The van der Waals surface area contributed by atoms with Gasteiger partial charge in [0.1, 0.15) is 0 Å². The molecule has 1 amide bonds. The SMILES string of the molecule is COc1cccc(C(=O)NC2CCN(c3nccc(-c4ccccc4)n3)C2)c1F. The van der Waals surface area contributed by atoms with Crippen LogP contribution in [0.1, 0.15) is 16.8 Å². The fourth-order valence-corrected chi connectivity index (χ4v) is 3.44. The van der Waals surface area contributed by atoms with Crippen molar-refractivity contribution in [2.75, 3.05) is 25.1 Å². The Bertz CT molecular complexity index is 1010. The molecule has 1 unspecified atom stereocenters. The zero-order valence-corrected chi connectivity index (χ0v) is 16.0. The Kier molecular flexibility index (Phi) is 5.37. The highest BCUT2D eigenvalue weighted by Crippen LogP contribution is 2.23. The van der Waals surface area contributed by atoms with E-state index < -0.39 is 11.7 Å². The number of anilines is 1. The lowest BCUT2D eigenvalue weighted by Crippen LogP contribution is -2.37. The average molecular weight is 392 g/mol. The third-order valence-electron chi connectivity index (χ3n) is 4.95. The van der Waals surface area contributed by atoms with Crippen LogP contribution < -0.4 is 15.0 Å². The molecule has 1 aliphatic rings. The van der Waals surface area contributed by atoms with Gasteiger partial charge in [-0.1, -0.05) is 36.4 Å². The van der Waals surface area contributed by atoms with Crippen LogP contribution in [0, 0.1) is 5.82 Å². The number of nitrogens with one attached hydrogen (secondary N) is 1. The minimum absolute atomic E-state index is 0.0230. The molecule has 3 aromatic rings. The van der Waals surface area contributed by atoms with Crippen LogP contribution in [0.3, 0.4) is 0 Å². The van der Waals surface area contributed by atoms with Crippen LogP contribution in [0.4, 0.5) is 10.3 Å². The summed E-state index contributed by atoms with van der Waals surface area (Å²) in [7, 11) is 1.37. The Labute approximate surface area is 168 Å². The molecule has 0 saturated carbocycles. The second-order valence-electron chi connectivity index (χ2n) is 6.83. The first kappa shape index (κ1) is 18.9. The minimum atomic E-state index is -0.652. The van der Waals surface area contributed by atoms with Crippen LogP contribution >= 0.6 is 0 Å². The number of aromatic nitrogens is 2. The van der Waals surface area contributed by atoms with Crippen molar-refractivity contribution in [3.8, 4) is 17.0 Å². The van der Waals surface area contributed by atoms with Gasteiger partial charge >= 0.3 is 0 Å². The van der Waals surface area contributed by atoms with Crippen LogP contribution in [0.2, 0.25) is 0 Å². The van der Waals surface area contributed by atoms with E-state index in [0.29, 0.717) is 19.0 Å². The molecule has 1 saturated heterocycles. The number of amides is 1. The quantitative estimate of drug-likeness (QED) is 0.722. The Morgan fingerprint density at radius 2 is 2.00 bits per heavy atom. The molecule has 0 bridgehead atoms. The van der Waals surface area contributed by atoms with E-state index in [1.807, 2.05) is 41.3 Å². The molecule has 29 heavy (non-hydrogen) atoms. The van der Waals surface area contributed by atoms with Gasteiger partial charge in [0.2, 0.25) is 5.95 Å². The monoisotopic (exact) mass is 392 g/mol. The predicted octanol–water partition coefficient (Wildman–Crippen LogP) is 3.30. The number of rotatable bonds is 5. The van der Waals surface area contributed by atoms with Crippen molar-refractivity contribution in [2.45, 2.75) is 12.5 Å². The molecular formula is C22H21FN4O2. The molecule has 0 spiro atoms. The van der Waals surface area contributed by atoms with Crippen LogP contribution in [0.15, 0.2) is 60.8 Å². The molecule has 0 aliphatic carbocycles. The van der Waals surface area contributed by atoms with Gasteiger partial charge in [-0.3, -0.25) is 4.79 Å². The summed E-state index contributed by atoms with van der Waals surface area (Å²) in [6, 6.07) is 16.2. The van der Waals surface area contributed by atoms with Crippen molar-refractivity contribution in [1.29, 1.82) is 0 Å². The summed E-state index contributed by atoms with van der Waals surface area (Å²) in [5, 5.41) is 2.90. The number of methoxy groups -OCH3 is 1. The number of hydrogen-bond donors (Lipinski definition) is 1. The molecule has 2 aromatic carbocycles. The smallest absolute Gasteiger partial charge is 0.254 e. The van der Waals surface area contributed by atoms with Crippen molar-refractivity contribution in [3.63, 3.8) is 0 Å². The molecule has 0 radical (unpaired) electrons. The first-order valence-corrected chi connectivity index (χ1v) is 9.42. The van der Waals surface area contributed by atoms with E-state index in [2.05, 4.69) is 15.3 Å². The molecule has 1 atom stereocenters. The molecule has 148 valence electrons. The normalized spacial score (nSPS) is 15.9. The third-order valence-corrected chi connectivity index (χ3v) is 4.95. The number of benzene rings is 2. The lowest BCUT2D eigenvalue weighted by atomic mass is 10.1. The van der Waals surface area contributed by atoms with Crippen LogP contribution in [0.25, 0.3) is 11.3 Å². The lowest BCUT2D eigenvalue weighted by molar-refractivity contribution is 0.0935. The van der Waals surface area contributed by atoms with Gasteiger partial charge in [-0.25, -0.2) is 14.4 Å². The van der Waals surface area contributed by atoms with Crippen LogP contribution in [-0.2, 0) is 0 Å². The number of carbonyl (C=O) groups excluding carboxylic acids is 1. The van der Waals surface area contributed by atoms with E-state index in [0.717, 1.165) is 17.7 Å². The zero-order chi connectivity index (χ0) is 20.2. The van der Waals surface area contributed by atoms with Gasteiger partial charge in [0.15, 0.2) is 11.6 Å². The first-order valence-electron chi connectivity index (χ1n) is 9.42. The van der Waals surface area contributed by atoms with Gasteiger partial charge in [-0.2, -0.15) is 0 Å². The van der Waals surface area contributed by atoms with E-state index in [1.165, 1.54) is 19.2 Å². The summed E-state index contributed by atoms with van der Waals surface area (Å²) >= 11 is 0. The summed E-state index contributed by atoms with van der Waals surface area (Å²) in [6.07, 6.45) is 2.47. The number of carbonyl (C=O) groups is 1. The second kappa shape index (κ2) is 8.26. The largest absolute Gasteiger partial charge is 0.494 e. The third kappa shape index (κ3) is 4.03. The topological polar surface area (TPSA) is 67.3 Å². The number of halogens is 1. The predicted molar refractivity (Wildman–Crippen MR) is 109 cm³/mol. The minimum Gasteiger partial charge on any atom is -0.494 e. The standard InChI is InChI=1S/C22H21FN4O2/c1-29-19-9-5-8-17(20(19)23)21(28)25-16-11-13-27(14-16)22-24-12-10-18(26-22)15-6-3-2-4-7-15/h2-10,12,16H,11,13-14H2,1H3,(H,25,28). The highest BCUT2D eigenvalue weighted by molar-refractivity contribution is 5.95. The van der Waals surface area contributed by atoms with Gasteiger partial charge in [0.05, 0.1) is 18.4 Å². The van der Waals surface area contributed by atoms with E-state index in [4.69, 9.17) is 4.74 Å². The fourth-order valence-electron chi connectivity index (χ4n) is 3.44. The maximum absolute atomic E-state index is 14.3. The van der Waals surface area contributed by atoms with Gasteiger partial charge < -0.3 is 15.0 Å². The zero-order valence-electron chi connectivity index (χ0n) is 16.0. The van der Waals surface area contributed by atoms with E-state index in [9.17, 15) is 9.18 Å². The summed E-state index contributed by atoms with van der Waals surface area (Å²) in [5.41, 5.74) is 1.85. The molecule has 4 rings (SSSR count). The summed E-state index contributed by atoms with van der Waals surface area (Å²) in [5.74, 6) is -0.430. The highest BCUT2D eigenvalue weighted by Gasteiger charge is 2.27. The molecule has 1 aliphatic heterocycles. The highest BCUT2D eigenvalue weighted by atomic mass is 19.1. The summed E-state index contributed by atoms with van der Waals surface area (Å²) in [6.45, 7) is 1.28. The van der Waals surface area contributed by atoms with Crippen molar-refractivity contribution in [1.82, 2.24) is 15.3 Å². The Morgan fingerprint density at radius 1 is 1.17 bits per heavy atom. The van der Waals surface area contributed by atoms with E-state index >= 15 is 0 Å². The number of hydrogen-bond acceptors (Lipinski definition) is 5. The molecule has 1 fully saturated rings. The molecule has 1 aromatic heterocycles. The number of nitrogens with zero attached hydrogens (tertiary/aromatic N) is 3. The maximum Gasteiger partial charge on any atom is 0.254 e. The lowest BCUT2D eigenvalue weighted by Gasteiger charge is -2.18. The Morgan fingerprint density at radius 3 is 2.79 bits per heavy atom. The van der Waals surface area contributed by atoms with Crippen molar-refractivity contribution in [2.24, 2.45) is 0 Å². The fraction of sp³-hybridized carbons (Fsp3) is 0.227. The van der Waals surface area contributed by atoms with Gasteiger partial charge in [0.25, 0.3) is 5.91 Å². The van der Waals surface area contributed by atoms with Gasteiger partial charge in [0, 0.05) is 30.9 Å². The molecule has 1 N–H and O–H groups in total. The van der Waals surface area contributed by atoms with Crippen molar-refractivity contribution < 1.29 is 13.9 Å². The molecule has 2 heterocycles. The second-order valence-corrected chi connectivity index (χ2v) is 6.83. The first-order chi connectivity index (χ1) is 14.2. The van der Waals surface area contributed by atoms with E-state index in [-0.39, 0.29) is 17.4 Å². The number of ether oxygens (including phenoxy) is 1.